The van der Waals surface area contributed by atoms with Crippen molar-refractivity contribution in [2.24, 2.45) is 5.73 Å². The Morgan fingerprint density at radius 3 is 2.62 bits per heavy atom. The number of hydrogen-bond acceptors (Lipinski definition) is 3. The van der Waals surface area contributed by atoms with Crippen LogP contribution in [0.25, 0.3) is 11.1 Å². The summed E-state index contributed by atoms with van der Waals surface area (Å²) in [7, 11) is 0. The topological polar surface area (TPSA) is 71.8 Å². The van der Waals surface area contributed by atoms with E-state index in [9.17, 15) is 4.79 Å². The molecule has 2 heterocycles. The Balaban J connectivity index is 2.57. The van der Waals surface area contributed by atoms with Crippen LogP contribution in [0.5, 0.6) is 0 Å². The summed E-state index contributed by atoms with van der Waals surface area (Å²) in [6.45, 7) is 0. The summed E-state index contributed by atoms with van der Waals surface area (Å²) >= 11 is 4.97. The van der Waals surface area contributed by atoms with E-state index in [1.54, 1.807) is 24.7 Å². The molecule has 0 fully saturated rings. The highest BCUT2D eigenvalue weighted by Crippen LogP contribution is 2.18. The first kappa shape index (κ1) is 10.5. The van der Waals surface area contributed by atoms with Crippen molar-refractivity contribution in [3.63, 3.8) is 0 Å². The third-order valence-corrected chi connectivity index (χ3v) is 2.52. The zero-order valence-corrected chi connectivity index (χ0v) is 9.12. The van der Waals surface area contributed by atoms with Crippen LogP contribution < -0.4 is 5.73 Å². The lowest BCUT2D eigenvalue weighted by atomic mass is 10.1. The number of pyridine rings is 2. The predicted octanol–water partition coefficient (Wildman–Crippen LogP) is 1.91. The molecule has 2 rings (SSSR count). The summed E-state index contributed by atoms with van der Waals surface area (Å²) < 4.78 is 0.352. The van der Waals surface area contributed by atoms with Crippen LogP contribution in [0.3, 0.4) is 0 Å². The van der Waals surface area contributed by atoms with Crippen LogP contribution in [0.15, 0.2) is 36.8 Å². The Morgan fingerprint density at radius 1 is 1.31 bits per heavy atom. The van der Waals surface area contributed by atoms with E-state index in [-0.39, 0.29) is 0 Å². The SMILES string of the molecule is NC(=O)c1cc(-c2ccncc2)c[nH]c1=S. The van der Waals surface area contributed by atoms with Crippen molar-refractivity contribution in [2.75, 3.05) is 0 Å². The van der Waals surface area contributed by atoms with E-state index in [0.717, 1.165) is 11.1 Å². The molecule has 3 N–H and O–H groups in total. The number of carbonyl (C=O) groups excluding carboxylic acids is 1. The molecule has 0 spiro atoms. The molecule has 4 nitrogen and oxygen atoms in total. The van der Waals surface area contributed by atoms with E-state index in [1.807, 2.05) is 12.1 Å². The number of nitrogens with one attached hydrogen (secondary N) is 1. The van der Waals surface area contributed by atoms with Crippen molar-refractivity contribution < 1.29 is 4.79 Å². The van der Waals surface area contributed by atoms with E-state index in [2.05, 4.69) is 9.97 Å². The first-order chi connectivity index (χ1) is 7.68. The molecule has 1 amide bonds. The second-order valence-electron chi connectivity index (χ2n) is 3.23. The van der Waals surface area contributed by atoms with Crippen LogP contribution >= 0.6 is 12.2 Å². The lowest BCUT2D eigenvalue weighted by molar-refractivity contribution is 0.0999. The Kier molecular flexibility index (Phi) is 2.78. The van der Waals surface area contributed by atoms with Gasteiger partial charge in [-0.05, 0) is 29.3 Å². The number of H-pyrrole nitrogens is 1. The average molecular weight is 231 g/mol. The lowest BCUT2D eigenvalue weighted by Gasteiger charge is -2.03. The molecular formula is C11H9N3OS. The molecule has 2 aromatic rings. The number of primary amides is 1. The zero-order valence-electron chi connectivity index (χ0n) is 8.31. The van der Waals surface area contributed by atoms with Gasteiger partial charge in [-0.1, -0.05) is 12.2 Å². The van der Waals surface area contributed by atoms with Crippen molar-refractivity contribution in [1.29, 1.82) is 0 Å². The molecule has 0 aliphatic heterocycles. The molecule has 0 aliphatic carbocycles. The number of aromatic nitrogens is 2. The third-order valence-electron chi connectivity index (χ3n) is 2.18. The maximum absolute atomic E-state index is 11.1. The number of rotatable bonds is 2. The normalized spacial score (nSPS) is 10.0. The number of hydrogen-bond donors (Lipinski definition) is 2. The molecule has 0 bridgehead atoms. The van der Waals surface area contributed by atoms with Gasteiger partial charge in [-0.25, -0.2) is 0 Å². The van der Waals surface area contributed by atoms with Crippen molar-refractivity contribution in [2.45, 2.75) is 0 Å². The van der Waals surface area contributed by atoms with Gasteiger partial charge in [0, 0.05) is 18.6 Å². The van der Waals surface area contributed by atoms with Gasteiger partial charge in [0.1, 0.15) is 4.64 Å². The Bertz CT molecular complexity index is 577. The fraction of sp³-hybridized carbons (Fsp3) is 0. The number of carbonyl (C=O) groups is 1. The van der Waals surface area contributed by atoms with Crippen LogP contribution in [0.2, 0.25) is 0 Å². The van der Waals surface area contributed by atoms with Crippen LogP contribution in [0.1, 0.15) is 10.4 Å². The van der Waals surface area contributed by atoms with Crippen molar-refractivity contribution in [3.05, 3.63) is 47.0 Å². The minimum absolute atomic E-state index is 0.323. The monoisotopic (exact) mass is 231 g/mol. The van der Waals surface area contributed by atoms with E-state index in [1.165, 1.54) is 0 Å². The molecule has 0 aromatic carbocycles. The van der Waals surface area contributed by atoms with Crippen molar-refractivity contribution in [3.8, 4) is 11.1 Å². The second kappa shape index (κ2) is 4.24. The number of aromatic amines is 1. The first-order valence-electron chi connectivity index (χ1n) is 4.61. The Labute approximate surface area is 97.2 Å². The summed E-state index contributed by atoms with van der Waals surface area (Å²) in [4.78, 5) is 17.9. The molecule has 0 aliphatic rings. The van der Waals surface area contributed by atoms with Gasteiger partial charge in [-0.3, -0.25) is 9.78 Å². The standard InChI is InChI=1S/C11H9N3OS/c12-10(15)9-5-8(6-14-11(9)16)7-1-3-13-4-2-7/h1-6H,(H2,12,15)(H,14,16). The zero-order chi connectivity index (χ0) is 11.5. The van der Waals surface area contributed by atoms with Crippen molar-refractivity contribution >= 4 is 18.1 Å². The molecule has 0 unspecified atom stereocenters. The second-order valence-corrected chi connectivity index (χ2v) is 3.64. The lowest BCUT2D eigenvalue weighted by Crippen LogP contribution is -2.12. The van der Waals surface area contributed by atoms with Crippen molar-refractivity contribution in [1.82, 2.24) is 9.97 Å². The maximum atomic E-state index is 11.1. The van der Waals surface area contributed by atoms with Crippen LogP contribution in [0, 0.1) is 4.64 Å². The summed E-state index contributed by atoms with van der Waals surface area (Å²) in [5, 5.41) is 0. The molecule has 2 aromatic heterocycles. The van der Waals surface area contributed by atoms with Gasteiger partial charge in [0.05, 0.1) is 5.56 Å². The molecule has 0 saturated heterocycles. The van der Waals surface area contributed by atoms with Crippen LogP contribution in [-0.4, -0.2) is 15.9 Å². The highest BCUT2D eigenvalue weighted by molar-refractivity contribution is 7.71. The summed E-state index contributed by atoms with van der Waals surface area (Å²) in [6, 6.07) is 5.37. The van der Waals surface area contributed by atoms with E-state index in [4.69, 9.17) is 18.0 Å². The Hall–Kier alpha value is -2.01. The third kappa shape index (κ3) is 1.99. The Morgan fingerprint density at radius 2 is 2.00 bits per heavy atom. The highest BCUT2D eigenvalue weighted by Gasteiger charge is 2.05. The van der Waals surface area contributed by atoms with E-state index >= 15 is 0 Å². The molecule has 16 heavy (non-hydrogen) atoms. The molecule has 0 radical (unpaired) electrons. The fourth-order valence-corrected chi connectivity index (χ4v) is 1.60. The average Bonchev–Trinajstić information content (AvgIpc) is 2.30. The van der Waals surface area contributed by atoms with Crippen LogP contribution in [-0.2, 0) is 0 Å². The summed E-state index contributed by atoms with van der Waals surface area (Å²) in [5.74, 6) is -0.530. The number of nitrogens with zero attached hydrogens (tertiary/aromatic N) is 1. The van der Waals surface area contributed by atoms with Gasteiger partial charge in [0.25, 0.3) is 5.91 Å². The number of nitrogens with two attached hydrogens (primary N) is 1. The van der Waals surface area contributed by atoms with E-state index < -0.39 is 5.91 Å². The maximum Gasteiger partial charge on any atom is 0.251 e. The highest BCUT2D eigenvalue weighted by atomic mass is 32.1. The quantitative estimate of drug-likeness (QED) is 0.775. The minimum atomic E-state index is -0.530. The van der Waals surface area contributed by atoms with E-state index in [0.29, 0.717) is 10.2 Å². The summed E-state index contributed by atoms with van der Waals surface area (Å²) in [6.07, 6.45) is 5.10. The molecule has 5 heteroatoms. The minimum Gasteiger partial charge on any atom is -0.366 e. The van der Waals surface area contributed by atoms with Gasteiger partial charge >= 0.3 is 0 Å². The van der Waals surface area contributed by atoms with Gasteiger partial charge in [-0.15, -0.1) is 0 Å². The number of amides is 1. The fourth-order valence-electron chi connectivity index (χ4n) is 1.38. The van der Waals surface area contributed by atoms with Gasteiger partial charge < -0.3 is 10.7 Å². The van der Waals surface area contributed by atoms with Crippen LogP contribution in [0.4, 0.5) is 0 Å². The van der Waals surface area contributed by atoms with Gasteiger partial charge in [0.15, 0.2) is 0 Å². The van der Waals surface area contributed by atoms with Gasteiger partial charge in [-0.2, -0.15) is 0 Å². The molecule has 0 saturated carbocycles. The first-order valence-corrected chi connectivity index (χ1v) is 5.02. The summed E-state index contributed by atoms with van der Waals surface area (Å²) in [5.41, 5.74) is 7.35. The smallest absolute Gasteiger partial charge is 0.251 e. The molecular weight excluding hydrogens is 222 g/mol. The largest absolute Gasteiger partial charge is 0.366 e. The van der Waals surface area contributed by atoms with Gasteiger partial charge in [0.2, 0.25) is 0 Å². The predicted molar refractivity (Wildman–Crippen MR) is 63.4 cm³/mol. The molecule has 80 valence electrons. The molecule has 0 atom stereocenters.